The number of aromatic nitrogens is 4. The number of ether oxygens (including phenoxy) is 2. The van der Waals surface area contributed by atoms with Gasteiger partial charge in [0.2, 0.25) is 0 Å². The Morgan fingerprint density at radius 3 is 2.64 bits per heavy atom. The van der Waals surface area contributed by atoms with Gasteiger partial charge in [-0.1, -0.05) is 41.6 Å². The van der Waals surface area contributed by atoms with E-state index in [-0.39, 0.29) is 0 Å². The molecule has 4 rings (SSSR count). The summed E-state index contributed by atoms with van der Waals surface area (Å²) >= 11 is 0. The number of hydrogen-bond acceptors (Lipinski definition) is 6. The number of nitrogens with two attached hydrogens (primary N) is 1. The van der Waals surface area contributed by atoms with Gasteiger partial charge in [0.15, 0.2) is 16.9 Å². The van der Waals surface area contributed by atoms with Gasteiger partial charge in [-0.05, 0) is 18.2 Å². The largest absolute Gasteiger partial charge is 0.486 e. The van der Waals surface area contributed by atoms with Crippen molar-refractivity contribution in [1.82, 2.24) is 20.4 Å². The fourth-order valence-corrected chi connectivity index (χ4v) is 2.43. The Bertz CT molecular complexity index is 1000. The number of para-hydroxylation sites is 2. The number of benzene rings is 2. The first-order chi connectivity index (χ1) is 12.3. The molecule has 0 aliphatic carbocycles. The van der Waals surface area contributed by atoms with E-state index in [1.807, 2.05) is 54.6 Å². The lowest BCUT2D eigenvalue weighted by Crippen LogP contribution is -2.00. The van der Waals surface area contributed by atoms with Crippen LogP contribution < -0.4 is 15.2 Å². The molecule has 3 N–H and O–H groups in total. The zero-order valence-corrected chi connectivity index (χ0v) is 13.2. The molecule has 7 heteroatoms. The van der Waals surface area contributed by atoms with Crippen molar-refractivity contribution in [1.29, 1.82) is 0 Å². The second-order valence-corrected chi connectivity index (χ2v) is 5.37. The van der Waals surface area contributed by atoms with E-state index in [1.165, 1.54) is 0 Å². The van der Waals surface area contributed by atoms with E-state index in [2.05, 4.69) is 20.4 Å². The van der Waals surface area contributed by atoms with E-state index in [9.17, 15) is 0 Å². The Morgan fingerprint density at radius 2 is 1.76 bits per heavy atom. The van der Waals surface area contributed by atoms with Crippen LogP contribution in [0, 0.1) is 0 Å². The Morgan fingerprint density at radius 1 is 0.960 bits per heavy atom. The minimum atomic E-state index is 0.300. The van der Waals surface area contributed by atoms with Crippen molar-refractivity contribution in [3.8, 4) is 17.2 Å². The van der Waals surface area contributed by atoms with E-state index >= 15 is 0 Å². The van der Waals surface area contributed by atoms with Crippen molar-refractivity contribution in [3.63, 3.8) is 0 Å². The highest BCUT2D eigenvalue weighted by atomic mass is 16.5. The Hall–Kier alpha value is -3.61. The summed E-state index contributed by atoms with van der Waals surface area (Å²) in [6.07, 6.45) is 0. The number of anilines is 1. The van der Waals surface area contributed by atoms with Crippen LogP contribution in [0.4, 0.5) is 5.82 Å². The molecule has 0 aliphatic rings. The van der Waals surface area contributed by atoms with E-state index in [4.69, 9.17) is 15.2 Å². The maximum absolute atomic E-state index is 5.94. The van der Waals surface area contributed by atoms with Gasteiger partial charge >= 0.3 is 0 Å². The fraction of sp³-hybridized carbons (Fsp3) is 0.0556. The van der Waals surface area contributed by atoms with Crippen LogP contribution in [-0.4, -0.2) is 20.4 Å². The van der Waals surface area contributed by atoms with Crippen molar-refractivity contribution >= 4 is 17.0 Å². The van der Waals surface area contributed by atoms with Crippen molar-refractivity contribution in [2.24, 2.45) is 0 Å². The normalized spacial score (nSPS) is 10.7. The zero-order valence-electron chi connectivity index (χ0n) is 13.2. The SMILES string of the molecule is Nc1cc(OCc2ccccc2Oc2ccccc2)c2nn[nH]c2n1. The zero-order chi connectivity index (χ0) is 17.1. The number of nitrogen functional groups attached to an aromatic ring is 1. The highest BCUT2D eigenvalue weighted by molar-refractivity contribution is 5.78. The monoisotopic (exact) mass is 333 g/mol. The summed E-state index contributed by atoms with van der Waals surface area (Å²) in [7, 11) is 0. The van der Waals surface area contributed by atoms with Gasteiger partial charge in [0.1, 0.15) is 23.9 Å². The van der Waals surface area contributed by atoms with Gasteiger partial charge in [0.25, 0.3) is 0 Å². The number of nitrogens with zero attached hydrogens (tertiary/aromatic N) is 3. The summed E-state index contributed by atoms with van der Waals surface area (Å²) in [6.45, 7) is 0.300. The number of nitrogens with one attached hydrogen (secondary N) is 1. The molecular weight excluding hydrogens is 318 g/mol. The third-order valence-electron chi connectivity index (χ3n) is 3.61. The van der Waals surface area contributed by atoms with Gasteiger partial charge in [0, 0.05) is 11.6 Å². The van der Waals surface area contributed by atoms with Crippen molar-refractivity contribution in [2.45, 2.75) is 6.61 Å². The van der Waals surface area contributed by atoms with Crippen molar-refractivity contribution < 1.29 is 9.47 Å². The maximum atomic E-state index is 5.94. The molecule has 0 aliphatic heterocycles. The Labute approximate surface area is 143 Å². The molecule has 0 atom stereocenters. The lowest BCUT2D eigenvalue weighted by Gasteiger charge is -2.12. The average molecular weight is 333 g/mol. The number of rotatable bonds is 5. The summed E-state index contributed by atoms with van der Waals surface area (Å²) < 4.78 is 11.8. The molecule has 0 amide bonds. The van der Waals surface area contributed by atoms with Gasteiger partial charge < -0.3 is 15.2 Å². The molecule has 2 aromatic heterocycles. The smallest absolute Gasteiger partial charge is 0.181 e. The predicted molar refractivity (Wildman–Crippen MR) is 93.4 cm³/mol. The second-order valence-electron chi connectivity index (χ2n) is 5.37. The minimum absolute atomic E-state index is 0.300. The molecule has 25 heavy (non-hydrogen) atoms. The average Bonchev–Trinajstić information content (AvgIpc) is 3.10. The number of fused-ring (bicyclic) bond motifs is 1. The van der Waals surface area contributed by atoms with E-state index in [1.54, 1.807) is 6.07 Å². The molecule has 0 bridgehead atoms. The number of pyridine rings is 1. The lowest BCUT2D eigenvalue weighted by molar-refractivity contribution is 0.303. The van der Waals surface area contributed by atoms with Crippen LogP contribution >= 0.6 is 0 Å². The molecule has 2 heterocycles. The fourth-order valence-electron chi connectivity index (χ4n) is 2.43. The van der Waals surface area contributed by atoms with Crippen LogP contribution in [0.25, 0.3) is 11.2 Å². The summed E-state index contributed by atoms with van der Waals surface area (Å²) in [5, 5.41) is 10.4. The molecule has 2 aromatic carbocycles. The molecule has 0 radical (unpaired) electrons. The molecule has 0 fully saturated rings. The lowest BCUT2D eigenvalue weighted by atomic mass is 10.2. The van der Waals surface area contributed by atoms with Gasteiger partial charge in [-0.15, -0.1) is 5.10 Å². The molecule has 4 aromatic rings. The van der Waals surface area contributed by atoms with Crippen LogP contribution in [0.15, 0.2) is 60.7 Å². The van der Waals surface area contributed by atoms with Crippen LogP contribution in [0.2, 0.25) is 0 Å². The Kier molecular flexibility index (Phi) is 3.88. The minimum Gasteiger partial charge on any atom is -0.486 e. The topological polar surface area (TPSA) is 98.9 Å². The quantitative estimate of drug-likeness (QED) is 0.581. The van der Waals surface area contributed by atoms with E-state index < -0.39 is 0 Å². The molecule has 7 nitrogen and oxygen atoms in total. The highest BCUT2D eigenvalue weighted by Gasteiger charge is 2.11. The third kappa shape index (κ3) is 3.20. The maximum Gasteiger partial charge on any atom is 0.181 e. The number of aromatic amines is 1. The second kappa shape index (κ2) is 6.48. The van der Waals surface area contributed by atoms with Crippen molar-refractivity contribution in [3.05, 3.63) is 66.2 Å². The van der Waals surface area contributed by atoms with Crippen LogP contribution in [0.1, 0.15) is 5.56 Å². The first kappa shape index (κ1) is 14.9. The summed E-state index contributed by atoms with van der Waals surface area (Å²) in [4.78, 5) is 4.12. The van der Waals surface area contributed by atoms with Crippen LogP contribution in [-0.2, 0) is 6.61 Å². The van der Waals surface area contributed by atoms with Gasteiger partial charge in [-0.3, -0.25) is 0 Å². The van der Waals surface area contributed by atoms with Crippen LogP contribution in [0.3, 0.4) is 0 Å². The van der Waals surface area contributed by atoms with E-state index in [0.29, 0.717) is 29.3 Å². The molecule has 0 saturated carbocycles. The summed E-state index contributed by atoms with van der Waals surface area (Å²) in [5.41, 5.74) is 7.72. The first-order valence-electron chi connectivity index (χ1n) is 7.70. The summed E-state index contributed by atoms with van der Waals surface area (Å²) in [5.74, 6) is 2.35. The van der Waals surface area contributed by atoms with Gasteiger partial charge in [-0.2, -0.15) is 0 Å². The standard InChI is InChI=1S/C18H15N5O2/c19-16-10-15(17-18(20-16)22-23-21-17)24-11-12-6-4-5-9-14(12)25-13-7-2-1-3-8-13/h1-10H,11H2,(H3,19,20,21,22,23). The molecule has 0 saturated heterocycles. The molecule has 0 unspecified atom stereocenters. The molecule has 124 valence electrons. The predicted octanol–water partition coefficient (Wildman–Crippen LogP) is 3.31. The van der Waals surface area contributed by atoms with Crippen molar-refractivity contribution in [2.75, 3.05) is 5.73 Å². The Balaban J connectivity index is 1.58. The highest BCUT2D eigenvalue weighted by Crippen LogP contribution is 2.28. The third-order valence-corrected chi connectivity index (χ3v) is 3.61. The number of H-pyrrole nitrogens is 1. The van der Waals surface area contributed by atoms with Gasteiger partial charge in [-0.25, -0.2) is 10.1 Å². The van der Waals surface area contributed by atoms with Gasteiger partial charge in [0.05, 0.1) is 0 Å². The number of hydrogen-bond donors (Lipinski definition) is 2. The van der Waals surface area contributed by atoms with E-state index in [0.717, 1.165) is 17.1 Å². The molecule has 0 spiro atoms. The molecular formula is C18H15N5O2. The first-order valence-corrected chi connectivity index (χ1v) is 7.70. The summed E-state index contributed by atoms with van der Waals surface area (Å²) in [6, 6.07) is 18.9. The van der Waals surface area contributed by atoms with Crippen LogP contribution in [0.5, 0.6) is 17.2 Å².